The fourth-order valence-electron chi connectivity index (χ4n) is 0.739. The summed E-state index contributed by atoms with van der Waals surface area (Å²) in [6.07, 6.45) is 0. The highest BCUT2D eigenvalue weighted by atomic mass is 35.5. The first-order valence-corrected chi connectivity index (χ1v) is 4.10. The Hall–Kier alpha value is -1.22. The molecule has 0 bridgehead atoms. The molecule has 0 aliphatic heterocycles. The number of halogens is 1. The minimum atomic E-state index is 0.0925. The van der Waals surface area contributed by atoms with Crippen LogP contribution in [-0.4, -0.2) is 19.6 Å². The van der Waals surface area contributed by atoms with Gasteiger partial charge in [-0.1, -0.05) is 11.6 Å². The second-order valence-corrected chi connectivity index (χ2v) is 2.81. The van der Waals surface area contributed by atoms with E-state index in [-0.39, 0.29) is 12.5 Å². The minimum Gasteiger partial charge on any atom is -0.484 e. The van der Waals surface area contributed by atoms with E-state index in [9.17, 15) is 0 Å². The molecule has 0 heterocycles. The fraction of sp³-hybridized carbons (Fsp3) is 0.222. The third-order valence-corrected chi connectivity index (χ3v) is 1.68. The molecule has 0 aliphatic carbocycles. The Balaban J connectivity index is 2.46. The largest absolute Gasteiger partial charge is 0.484 e. The molecule has 1 N–H and O–H groups in total. The van der Waals surface area contributed by atoms with E-state index in [0.717, 1.165) is 0 Å². The number of methoxy groups -OCH3 is 1. The summed E-state index contributed by atoms with van der Waals surface area (Å²) < 4.78 is 9.83. The predicted octanol–water partition coefficient (Wildman–Crippen LogP) is 2.34. The number of ether oxygens (including phenoxy) is 2. The zero-order valence-electron chi connectivity index (χ0n) is 7.21. The molecular weight excluding hydrogens is 190 g/mol. The monoisotopic (exact) mass is 199 g/mol. The second-order valence-electron chi connectivity index (χ2n) is 2.37. The Morgan fingerprint density at radius 1 is 1.38 bits per heavy atom. The lowest BCUT2D eigenvalue weighted by molar-refractivity contribution is 0.309. The maximum Gasteiger partial charge on any atom is 0.219 e. The molecule has 13 heavy (non-hydrogen) atoms. The van der Waals surface area contributed by atoms with Gasteiger partial charge < -0.3 is 9.47 Å². The van der Waals surface area contributed by atoms with Crippen molar-refractivity contribution in [1.29, 1.82) is 5.41 Å². The van der Waals surface area contributed by atoms with Gasteiger partial charge in [-0.25, -0.2) is 0 Å². The first-order chi connectivity index (χ1) is 6.22. The van der Waals surface area contributed by atoms with Gasteiger partial charge in [0.15, 0.2) is 6.61 Å². The Labute approximate surface area is 81.7 Å². The average Bonchev–Trinajstić information content (AvgIpc) is 2.16. The van der Waals surface area contributed by atoms with E-state index < -0.39 is 0 Å². The summed E-state index contributed by atoms with van der Waals surface area (Å²) in [7, 11) is 1.44. The molecule has 3 nitrogen and oxygen atoms in total. The van der Waals surface area contributed by atoms with Crippen LogP contribution in [-0.2, 0) is 4.74 Å². The van der Waals surface area contributed by atoms with Crippen molar-refractivity contribution in [3.8, 4) is 5.75 Å². The van der Waals surface area contributed by atoms with Gasteiger partial charge in [0, 0.05) is 5.02 Å². The standard InChI is InChI=1S/C9H10ClNO2/c1-12-9(11)6-13-8-4-2-7(10)3-5-8/h2-5,11H,6H2,1H3. The normalized spacial score (nSPS) is 9.38. The third kappa shape index (κ3) is 3.34. The predicted molar refractivity (Wildman–Crippen MR) is 51.7 cm³/mol. The van der Waals surface area contributed by atoms with Gasteiger partial charge in [0.2, 0.25) is 5.90 Å². The number of rotatable bonds is 3. The van der Waals surface area contributed by atoms with Gasteiger partial charge in [0.25, 0.3) is 0 Å². The van der Waals surface area contributed by atoms with Crippen LogP contribution in [0.25, 0.3) is 0 Å². The van der Waals surface area contributed by atoms with Crippen molar-refractivity contribution in [3.63, 3.8) is 0 Å². The number of nitrogens with one attached hydrogen (secondary N) is 1. The molecule has 0 fully saturated rings. The van der Waals surface area contributed by atoms with Crippen LogP contribution in [0.3, 0.4) is 0 Å². The van der Waals surface area contributed by atoms with Crippen LogP contribution >= 0.6 is 11.6 Å². The van der Waals surface area contributed by atoms with Crippen molar-refractivity contribution < 1.29 is 9.47 Å². The van der Waals surface area contributed by atoms with E-state index in [1.54, 1.807) is 24.3 Å². The van der Waals surface area contributed by atoms with Crippen molar-refractivity contribution in [2.75, 3.05) is 13.7 Å². The molecule has 70 valence electrons. The van der Waals surface area contributed by atoms with Crippen molar-refractivity contribution in [2.45, 2.75) is 0 Å². The van der Waals surface area contributed by atoms with E-state index in [4.69, 9.17) is 21.7 Å². The molecule has 0 aromatic heterocycles. The molecular formula is C9H10ClNO2. The SMILES string of the molecule is COC(=N)COc1ccc(Cl)cc1. The van der Waals surface area contributed by atoms with Crippen molar-refractivity contribution in [3.05, 3.63) is 29.3 Å². The molecule has 1 aromatic rings. The second kappa shape index (κ2) is 4.72. The molecule has 1 rings (SSSR count). The molecule has 0 amide bonds. The lowest BCUT2D eigenvalue weighted by Crippen LogP contribution is -2.11. The number of hydrogen-bond donors (Lipinski definition) is 1. The minimum absolute atomic E-state index is 0.0925. The van der Waals surface area contributed by atoms with Gasteiger partial charge in [-0.3, -0.25) is 5.41 Å². The molecule has 0 atom stereocenters. The van der Waals surface area contributed by atoms with Gasteiger partial charge in [0.05, 0.1) is 7.11 Å². The molecule has 0 unspecified atom stereocenters. The van der Waals surface area contributed by atoms with Crippen LogP contribution in [0.2, 0.25) is 5.02 Å². The Kier molecular flexibility index (Phi) is 3.58. The highest BCUT2D eigenvalue weighted by Crippen LogP contribution is 2.15. The molecule has 4 heteroatoms. The quantitative estimate of drug-likeness (QED) is 0.600. The van der Waals surface area contributed by atoms with Gasteiger partial charge in [0.1, 0.15) is 5.75 Å². The van der Waals surface area contributed by atoms with Crippen molar-refractivity contribution >= 4 is 17.5 Å². The number of hydrogen-bond acceptors (Lipinski definition) is 3. The van der Waals surface area contributed by atoms with Crippen molar-refractivity contribution in [2.24, 2.45) is 0 Å². The van der Waals surface area contributed by atoms with Crippen LogP contribution in [0.4, 0.5) is 0 Å². The fourth-order valence-corrected chi connectivity index (χ4v) is 0.865. The van der Waals surface area contributed by atoms with Gasteiger partial charge in [-0.15, -0.1) is 0 Å². The highest BCUT2D eigenvalue weighted by Gasteiger charge is 1.97. The van der Waals surface area contributed by atoms with Gasteiger partial charge in [-0.05, 0) is 24.3 Å². The summed E-state index contributed by atoms with van der Waals surface area (Å²) in [6.45, 7) is 0.137. The van der Waals surface area contributed by atoms with E-state index in [0.29, 0.717) is 10.8 Å². The highest BCUT2D eigenvalue weighted by molar-refractivity contribution is 6.30. The molecule has 0 saturated heterocycles. The molecule has 0 aliphatic rings. The summed E-state index contributed by atoms with van der Waals surface area (Å²) in [6, 6.07) is 6.94. The summed E-state index contributed by atoms with van der Waals surface area (Å²) >= 11 is 5.68. The number of benzene rings is 1. The Bertz CT molecular complexity index is 284. The Morgan fingerprint density at radius 2 is 2.00 bits per heavy atom. The lowest BCUT2D eigenvalue weighted by Gasteiger charge is -2.05. The van der Waals surface area contributed by atoms with Crippen LogP contribution in [0.15, 0.2) is 24.3 Å². The van der Waals surface area contributed by atoms with E-state index in [1.807, 2.05) is 0 Å². The third-order valence-electron chi connectivity index (χ3n) is 1.43. The zero-order chi connectivity index (χ0) is 9.68. The molecule has 0 spiro atoms. The summed E-state index contributed by atoms with van der Waals surface area (Å²) in [5, 5.41) is 7.82. The maximum absolute atomic E-state index is 7.16. The first kappa shape index (κ1) is 9.86. The van der Waals surface area contributed by atoms with Crippen LogP contribution in [0.1, 0.15) is 0 Å². The lowest BCUT2D eigenvalue weighted by atomic mass is 10.3. The van der Waals surface area contributed by atoms with Gasteiger partial charge >= 0.3 is 0 Å². The van der Waals surface area contributed by atoms with Crippen LogP contribution < -0.4 is 4.74 Å². The van der Waals surface area contributed by atoms with Crippen molar-refractivity contribution in [1.82, 2.24) is 0 Å². The van der Waals surface area contributed by atoms with Gasteiger partial charge in [-0.2, -0.15) is 0 Å². The maximum atomic E-state index is 7.16. The van der Waals surface area contributed by atoms with E-state index in [1.165, 1.54) is 7.11 Å². The van der Waals surface area contributed by atoms with E-state index in [2.05, 4.69) is 4.74 Å². The van der Waals surface area contributed by atoms with Crippen LogP contribution in [0.5, 0.6) is 5.75 Å². The zero-order valence-corrected chi connectivity index (χ0v) is 7.97. The topological polar surface area (TPSA) is 42.3 Å². The smallest absolute Gasteiger partial charge is 0.219 e. The first-order valence-electron chi connectivity index (χ1n) is 3.72. The average molecular weight is 200 g/mol. The summed E-state index contributed by atoms with van der Waals surface area (Å²) in [5.74, 6) is 0.765. The summed E-state index contributed by atoms with van der Waals surface area (Å²) in [5.41, 5.74) is 0. The van der Waals surface area contributed by atoms with E-state index >= 15 is 0 Å². The Morgan fingerprint density at radius 3 is 2.54 bits per heavy atom. The molecule has 0 saturated carbocycles. The van der Waals surface area contributed by atoms with Crippen LogP contribution in [0, 0.1) is 5.41 Å². The molecule has 0 radical (unpaired) electrons. The summed E-state index contributed by atoms with van der Waals surface area (Å²) in [4.78, 5) is 0. The molecule has 1 aromatic carbocycles.